The van der Waals surface area contributed by atoms with Gasteiger partial charge in [0.2, 0.25) is 0 Å². The summed E-state index contributed by atoms with van der Waals surface area (Å²) in [7, 11) is -9.85. The Bertz CT molecular complexity index is 1280. The zero-order chi connectivity index (χ0) is 31.8. The van der Waals surface area contributed by atoms with Gasteiger partial charge in [0.1, 0.15) is 24.1 Å². The molecule has 0 saturated heterocycles. The van der Waals surface area contributed by atoms with Crippen LogP contribution in [0, 0.1) is 0 Å². The molecule has 2 rings (SSSR count). The lowest BCUT2D eigenvalue weighted by Gasteiger charge is -2.41. The van der Waals surface area contributed by atoms with E-state index in [0.717, 1.165) is 15.9 Å². The van der Waals surface area contributed by atoms with Crippen molar-refractivity contribution < 1.29 is 69.6 Å². The summed E-state index contributed by atoms with van der Waals surface area (Å²) in [6, 6.07) is 2.06. The first kappa shape index (κ1) is 36.2. The van der Waals surface area contributed by atoms with E-state index < -0.39 is 104 Å². The van der Waals surface area contributed by atoms with E-state index in [4.69, 9.17) is 0 Å². The van der Waals surface area contributed by atoms with Crippen molar-refractivity contribution >= 4 is 15.2 Å². The fourth-order valence-electron chi connectivity index (χ4n) is 4.83. The molecule has 0 aromatic heterocycles. The van der Waals surface area contributed by atoms with Crippen LogP contribution in [0.5, 0.6) is 11.5 Å². The molecule has 0 bridgehead atoms. The zero-order valence-electron chi connectivity index (χ0n) is 22.5. The number of hydrogen-bond donors (Lipinski definition) is 12. The number of hydrogen-bond acceptors (Lipinski definition) is 12. The molecule has 2 aromatic rings. The minimum atomic E-state index is -4.93. The molecule has 42 heavy (non-hydrogen) atoms. The second-order valence-electron chi connectivity index (χ2n) is 9.69. The molecule has 2 atom stereocenters. The highest BCUT2D eigenvalue weighted by molar-refractivity contribution is 7.51. The second kappa shape index (κ2) is 15.7. The fraction of sp³-hybridized carbons (Fsp3) is 0.500. The molecule has 238 valence electrons. The minimum Gasteiger partial charge on any atom is -0.508 e. The van der Waals surface area contributed by atoms with E-state index in [1.807, 2.05) is 0 Å². The fourth-order valence-corrected chi connectivity index (χ4v) is 6.40. The normalized spacial score (nSPS) is 14.1. The van der Waals surface area contributed by atoms with Crippen molar-refractivity contribution in [2.75, 3.05) is 25.8 Å². The smallest absolute Gasteiger partial charge is 0.339 e. The lowest BCUT2D eigenvalue weighted by molar-refractivity contribution is 0.0153. The predicted octanol–water partition coefficient (Wildman–Crippen LogP) is -1.64. The van der Waals surface area contributed by atoms with Gasteiger partial charge in [0, 0.05) is 24.2 Å². The number of aliphatic hydroxyl groups is 6. The van der Waals surface area contributed by atoms with Gasteiger partial charge in [0.05, 0.1) is 51.7 Å². The van der Waals surface area contributed by atoms with E-state index in [0.29, 0.717) is 0 Å². The molecule has 0 aliphatic rings. The Labute approximate surface area is 241 Å². The molecular weight excluding hydrogens is 602 g/mol. The molecule has 16 nitrogen and oxygen atoms in total. The van der Waals surface area contributed by atoms with Gasteiger partial charge in [-0.25, -0.2) is 0 Å². The highest BCUT2D eigenvalue weighted by atomic mass is 31.2. The Morgan fingerprint density at radius 1 is 0.595 bits per heavy atom. The van der Waals surface area contributed by atoms with Crippen LogP contribution in [0.4, 0.5) is 0 Å². The molecule has 18 heteroatoms. The van der Waals surface area contributed by atoms with E-state index >= 15 is 0 Å². The highest BCUT2D eigenvalue weighted by Gasteiger charge is 2.38. The Hall–Kier alpha value is -1.98. The molecule has 12 N–H and O–H groups in total. The first-order valence-corrected chi connectivity index (χ1v) is 16.1. The SMILES string of the molecule is O=P(O)(O)CN(Cc1c(O)cc(CO)cc1CO)C(CO)C(CO)N(Cc1c(O)ccc(CO)c1CO)CP(=O)(O)O. The second-order valence-corrected chi connectivity index (χ2v) is 12.9. The average molecular weight is 641 g/mol. The first-order chi connectivity index (χ1) is 19.6. The summed E-state index contributed by atoms with van der Waals surface area (Å²) in [5, 5.41) is 80.7. The molecule has 0 radical (unpaired) electrons. The van der Waals surface area contributed by atoms with Crippen molar-refractivity contribution in [2.24, 2.45) is 0 Å². The van der Waals surface area contributed by atoms with E-state index in [9.17, 15) is 69.6 Å². The summed E-state index contributed by atoms with van der Waals surface area (Å²) in [4.78, 5) is 41.2. The third-order valence-electron chi connectivity index (χ3n) is 6.77. The van der Waals surface area contributed by atoms with Gasteiger partial charge < -0.3 is 60.4 Å². The molecule has 0 heterocycles. The van der Waals surface area contributed by atoms with Crippen LogP contribution in [0.2, 0.25) is 0 Å². The summed E-state index contributed by atoms with van der Waals surface area (Å²) in [6.07, 6.45) is -2.12. The molecule has 0 aliphatic heterocycles. The van der Waals surface area contributed by atoms with Crippen LogP contribution in [-0.4, -0.2) is 108 Å². The minimum absolute atomic E-state index is 0.0318. The zero-order valence-corrected chi connectivity index (χ0v) is 24.3. The Kier molecular flexibility index (Phi) is 13.5. The van der Waals surface area contributed by atoms with Gasteiger partial charge in [-0.05, 0) is 34.4 Å². The maximum Gasteiger partial charge on any atom is 0.339 e. The number of nitrogens with zero attached hydrogens (tertiary/aromatic N) is 2. The van der Waals surface area contributed by atoms with Crippen molar-refractivity contribution in [3.05, 3.63) is 57.6 Å². The summed E-state index contributed by atoms with van der Waals surface area (Å²) in [6.45, 7) is -5.32. The molecule has 0 saturated carbocycles. The largest absolute Gasteiger partial charge is 0.508 e. The molecule has 0 aliphatic carbocycles. The van der Waals surface area contributed by atoms with Crippen LogP contribution in [-0.2, 0) is 48.6 Å². The lowest BCUT2D eigenvalue weighted by Crippen LogP contribution is -2.55. The van der Waals surface area contributed by atoms with Gasteiger partial charge in [0.25, 0.3) is 0 Å². The number of benzene rings is 2. The van der Waals surface area contributed by atoms with E-state index in [2.05, 4.69) is 0 Å². The van der Waals surface area contributed by atoms with Crippen LogP contribution in [0.1, 0.15) is 33.4 Å². The summed E-state index contributed by atoms with van der Waals surface area (Å²) in [5.41, 5.74) is 0.453. The lowest BCUT2D eigenvalue weighted by atomic mass is 9.98. The molecule has 0 amide bonds. The van der Waals surface area contributed by atoms with Gasteiger partial charge in [-0.1, -0.05) is 12.1 Å². The molecular formula is C24H38N2O14P2. The maximum atomic E-state index is 12.1. The van der Waals surface area contributed by atoms with Crippen LogP contribution in [0.3, 0.4) is 0 Å². The number of aromatic hydroxyl groups is 2. The van der Waals surface area contributed by atoms with Crippen LogP contribution in [0.15, 0.2) is 24.3 Å². The molecule has 2 unspecified atom stereocenters. The average Bonchev–Trinajstić information content (AvgIpc) is 2.91. The number of phenolic OH excluding ortho intramolecular Hbond substituents is 2. The predicted molar refractivity (Wildman–Crippen MR) is 147 cm³/mol. The standard InChI is InChI=1S/C24H38N2O14P2/c27-7-15-3-17(9-29)18(24(34)4-15)5-25(13-41(35,36)37)21(11-31)22(12-32)26(14-42(38,39)40)6-19-20(10-30)16(8-28)1-2-23(19)33/h1-4,21-22,27-34H,5-14H2,(H2,35,36,37)(H2,38,39,40). The van der Waals surface area contributed by atoms with E-state index in [1.54, 1.807) is 0 Å². The van der Waals surface area contributed by atoms with E-state index in [-0.39, 0.29) is 33.4 Å². The monoisotopic (exact) mass is 640 g/mol. The van der Waals surface area contributed by atoms with Gasteiger partial charge in [-0.2, -0.15) is 0 Å². The Balaban J connectivity index is 2.67. The molecule has 0 fully saturated rings. The first-order valence-electron chi connectivity index (χ1n) is 12.5. The number of phenols is 2. The third kappa shape index (κ3) is 9.77. The van der Waals surface area contributed by atoms with Crippen molar-refractivity contribution in [3.63, 3.8) is 0 Å². The van der Waals surface area contributed by atoms with Gasteiger partial charge >= 0.3 is 15.2 Å². The van der Waals surface area contributed by atoms with Crippen LogP contribution < -0.4 is 0 Å². The van der Waals surface area contributed by atoms with E-state index in [1.165, 1.54) is 18.2 Å². The van der Waals surface area contributed by atoms with Crippen molar-refractivity contribution in [1.29, 1.82) is 0 Å². The Morgan fingerprint density at radius 3 is 1.50 bits per heavy atom. The number of rotatable bonds is 17. The topological polar surface area (TPSA) is 283 Å². The highest BCUT2D eigenvalue weighted by Crippen LogP contribution is 2.41. The molecule has 0 spiro atoms. The van der Waals surface area contributed by atoms with Gasteiger partial charge in [0.15, 0.2) is 0 Å². The molecule has 2 aromatic carbocycles. The van der Waals surface area contributed by atoms with Crippen LogP contribution >= 0.6 is 15.2 Å². The maximum absolute atomic E-state index is 12.1. The van der Waals surface area contributed by atoms with Gasteiger partial charge in [-0.15, -0.1) is 0 Å². The third-order valence-corrected chi connectivity index (χ3v) is 8.24. The van der Waals surface area contributed by atoms with Crippen LogP contribution in [0.25, 0.3) is 0 Å². The van der Waals surface area contributed by atoms with Crippen molar-refractivity contribution in [3.8, 4) is 11.5 Å². The summed E-state index contributed by atoms with van der Waals surface area (Å²) < 4.78 is 24.3. The Morgan fingerprint density at radius 2 is 1.10 bits per heavy atom. The van der Waals surface area contributed by atoms with Crippen molar-refractivity contribution in [2.45, 2.75) is 51.6 Å². The van der Waals surface area contributed by atoms with Gasteiger partial charge in [-0.3, -0.25) is 18.9 Å². The summed E-state index contributed by atoms with van der Waals surface area (Å²) >= 11 is 0. The number of aliphatic hydroxyl groups excluding tert-OH is 6. The van der Waals surface area contributed by atoms with Crippen molar-refractivity contribution in [1.82, 2.24) is 9.80 Å². The quantitative estimate of drug-likeness (QED) is 0.0864. The summed E-state index contributed by atoms with van der Waals surface area (Å²) in [5.74, 6) is -0.873.